The van der Waals surface area contributed by atoms with Crippen LogP contribution in [0.3, 0.4) is 0 Å². The van der Waals surface area contributed by atoms with Gasteiger partial charge in [0.05, 0.1) is 10.0 Å². The third-order valence-electron chi connectivity index (χ3n) is 3.12. The maximum Gasteiger partial charge on any atom is 0.307 e. The Bertz CT molecular complexity index is 704. The summed E-state index contributed by atoms with van der Waals surface area (Å²) in [6.07, 6.45) is 0.231. The summed E-state index contributed by atoms with van der Waals surface area (Å²) in [5.41, 5.74) is 0.975. The molecular weight excluding hydrogens is 337 g/mol. The van der Waals surface area contributed by atoms with Crippen LogP contribution in [0.4, 0.5) is 5.69 Å². The van der Waals surface area contributed by atoms with Crippen molar-refractivity contribution in [1.29, 1.82) is 0 Å². The van der Waals surface area contributed by atoms with Gasteiger partial charge < -0.3 is 4.74 Å². The smallest absolute Gasteiger partial charge is 0.307 e. The normalized spacial score (nSPS) is 10.2. The third-order valence-corrected chi connectivity index (χ3v) is 3.86. The number of amides is 1. The molecule has 0 saturated carbocycles. The topological polar surface area (TPSA) is 46.6 Å². The third kappa shape index (κ3) is 4.47. The second-order valence-electron chi connectivity index (χ2n) is 4.70. The monoisotopic (exact) mass is 351 g/mol. The van der Waals surface area contributed by atoms with Crippen molar-refractivity contribution in [1.82, 2.24) is 0 Å². The number of carbonyl (C=O) groups excluding carboxylic acids is 2. The zero-order valence-electron chi connectivity index (χ0n) is 12.5. The summed E-state index contributed by atoms with van der Waals surface area (Å²) in [5.74, 6) is -0.691. The fraction of sp³-hybridized carbons (Fsp3) is 0.176. The molecule has 0 aromatic heterocycles. The van der Waals surface area contributed by atoms with Crippen molar-refractivity contribution >= 4 is 40.8 Å². The van der Waals surface area contributed by atoms with Crippen molar-refractivity contribution in [2.24, 2.45) is 0 Å². The minimum atomic E-state index is -0.393. The minimum Gasteiger partial charge on any atom is -0.444 e. The number of hydrogen-bond acceptors (Lipinski definition) is 3. The zero-order chi connectivity index (χ0) is 16.8. The first-order valence-electron chi connectivity index (χ1n) is 7.00. The van der Waals surface area contributed by atoms with Crippen molar-refractivity contribution in [2.45, 2.75) is 13.3 Å². The molecule has 0 fully saturated rings. The lowest BCUT2D eigenvalue weighted by atomic mass is 10.2. The number of hydrogen-bond donors (Lipinski definition) is 0. The Morgan fingerprint density at radius 1 is 1.04 bits per heavy atom. The molecule has 120 valence electrons. The van der Waals surface area contributed by atoms with Crippen LogP contribution in [-0.2, 0) is 9.53 Å². The van der Waals surface area contributed by atoms with Crippen molar-refractivity contribution in [3.8, 4) is 0 Å². The Morgan fingerprint density at radius 2 is 1.74 bits per heavy atom. The van der Waals surface area contributed by atoms with E-state index < -0.39 is 5.97 Å². The molecule has 6 heteroatoms. The van der Waals surface area contributed by atoms with E-state index in [-0.39, 0.29) is 19.1 Å². The summed E-state index contributed by atoms with van der Waals surface area (Å²) >= 11 is 11.9. The lowest BCUT2D eigenvalue weighted by molar-refractivity contribution is -0.142. The van der Waals surface area contributed by atoms with Gasteiger partial charge in [-0.2, -0.15) is 0 Å². The van der Waals surface area contributed by atoms with Crippen LogP contribution in [0.2, 0.25) is 10.0 Å². The van der Waals surface area contributed by atoms with Gasteiger partial charge in [-0.1, -0.05) is 48.3 Å². The number of anilines is 1. The number of carbonyl (C=O) groups is 2. The second-order valence-corrected chi connectivity index (χ2v) is 5.51. The Labute approximate surface area is 144 Å². The van der Waals surface area contributed by atoms with E-state index in [1.165, 1.54) is 4.90 Å². The Balaban J connectivity index is 2.32. The van der Waals surface area contributed by atoms with Gasteiger partial charge >= 0.3 is 5.97 Å². The van der Waals surface area contributed by atoms with Crippen molar-refractivity contribution in [3.05, 3.63) is 64.1 Å². The predicted octanol–water partition coefficient (Wildman–Crippen LogP) is 4.55. The molecule has 0 heterocycles. The first-order valence-corrected chi connectivity index (χ1v) is 7.76. The van der Waals surface area contributed by atoms with Gasteiger partial charge in [0.1, 0.15) is 0 Å². The molecule has 0 N–H and O–H groups in total. The lowest BCUT2D eigenvalue weighted by Gasteiger charge is -2.23. The molecule has 23 heavy (non-hydrogen) atoms. The highest BCUT2D eigenvalue weighted by atomic mass is 35.5. The van der Waals surface area contributed by atoms with Gasteiger partial charge in [-0.3, -0.25) is 14.5 Å². The van der Waals surface area contributed by atoms with Gasteiger partial charge in [0.25, 0.3) is 5.91 Å². The Hall–Kier alpha value is -2.04. The summed E-state index contributed by atoms with van der Waals surface area (Å²) in [7, 11) is 0. The highest BCUT2D eigenvalue weighted by Crippen LogP contribution is 2.28. The average Bonchev–Trinajstić information content (AvgIpc) is 2.58. The van der Waals surface area contributed by atoms with Crippen molar-refractivity contribution < 1.29 is 14.3 Å². The van der Waals surface area contributed by atoms with Gasteiger partial charge in [-0.15, -0.1) is 0 Å². The van der Waals surface area contributed by atoms with Gasteiger partial charge in [0, 0.05) is 17.7 Å². The lowest BCUT2D eigenvalue weighted by Crippen LogP contribution is -2.34. The van der Waals surface area contributed by atoms with E-state index in [1.807, 2.05) is 6.07 Å². The highest BCUT2D eigenvalue weighted by molar-refractivity contribution is 6.42. The minimum absolute atomic E-state index is 0.196. The average molecular weight is 352 g/mol. The molecule has 0 aliphatic rings. The number of ether oxygens (including phenoxy) is 1. The fourth-order valence-electron chi connectivity index (χ4n) is 1.88. The summed E-state index contributed by atoms with van der Waals surface area (Å²) < 4.78 is 5.11. The Kier molecular flexibility index (Phi) is 6.02. The molecule has 1 amide bonds. The van der Waals surface area contributed by atoms with Crippen LogP contribution >= 0.6 is 23.2 Å². The van der Waals surface area contributed by atoms with Gasteiger partial charge in [0.2, 0.25) is 0 Å². The van der Waals surface area contributed by atoms with Crippen LogP contribution in [0.25, 0.3) is 0 Å². The number of halogens is 2. The molecular formula is C17H15Cl2NO3. The molecule has 0 radical (unpaired) electrons. The van der Waals surface area contributed by atoms with Crippen LogP contribution in [0.15, 0.2) is 48.5 Å². The van der Waals surface area contributed by atoms with E-state index in [0.29, 0.717) is 21.3 Å². The van der Waals surface area contributed by atoms with E-state index in [9.17, 15) is 9.59 Å². The Morgan fingerprint density at radius 3 is 2.35 bits per heavy atom. The van der Waals surface area contributed by atoms with Gasteiger partial charge in [-0.25, -0.2) is 0 Å². The molecule has 0 aliphatic heterocycles. The molecule has 4 nitrogen and oxygen atoms in total. The summed E-state index contributed by atoms with van der Waals surface area (Å²) in [5, 5.41) is 0.699. The fourth-order valence-corrected chi connectivity index (χ4v) is 2.17. The summed E-state index contributed by atoms with van der Waals surface area (Å²) in [6, 6.07) is 13.5. The van der Waals surface area contributed by atoms with E-state index in [1.54, 1.807) is 49.4 Å². The maximum absolute atomic E-state index is 12.7. The largest absolute Gasteiger partial charge is 0.444 e. The van der Waals surface area contributed by atoms with Crippen LogP contribution in [0.1, 0.15) is 23.7 Å². The number of benzene rings is 2. The summed E-state index contributed by atoms with van der Waals surface area (Å²) in [6.45, 7) is 1.49. The standard InChI is InChI=1S/C17H15Cl2NO3/c1-2-16(21)23-11-20(13-8-9-14(18)15(19)10-13)17(22)12-6-4-3-5-7-12/h3-10H,2,11H2,1H3. The van der Waals surface area contributed by atoms with E-state index in [0.717, 1.165) is 0 Å². The number of nitrogens with zero attached hydrogens (tertiary/aromatic N) is 1. The SMILES string of the molecule is CCC(=O)OCN(C(=O)c1ccccc1)c1ccc(Cl)c(Cl)c1. The van der Waals surface area contributed by atoms with Crippen LogP contribution < -0.4 is 4.90 Å². The highest BCUT2D eigenvalue weighted by Gasteiger charge is 2.19. The van der Waals surface area contributed by atoms with Gasteiger partial charge in [0.15, 0.2) is 6.73 Å². The van der Waals surface area contributed by atoms with Crippen LogP contribution in [-0.4, -0.2) is 18.6 Å². The molecule has 0 spiro atoms. The van der Waals surface area contributed by atoms with E-state index in [4.69, 9.17) is 27.9 Å². The quantitative estimate of drug-likeness (QED) is 0.586. The molecule has 0 aliphatic carbocycles. The molecule has 0 atom stereocenters. The maximum atomic E-state index is 12.7. The predicted molar refractivity (Wildman–Crippen MR) is 91.0 cm³/mol. The number of rotatable bonds is 5. The first kappa shape index (κ1) is 17.3. The van der Waals surface area contributed by atoms with Gasteiger partial charge in [-0.05, 0) is 30.3 Å². The van der Waals surface area contributed by atoms with Crippen molar-refractivity contribution in [3.63, 3.8) is 0 Å². The van der Waals surface area contributed by atoms with Crippen LogP contribution in [0.5, 0.6) is 0 Å². The van der Waals surface area contributed by atoms with Crippen molar-refractivity contribution in [2.75, 3.05) is 11.6 Å². The summed E-state index contributed by atoms with van der Waals surface area (Å²) in [4.78, 5) is 25.5. The van der Waals surface area contributed by atoms with E-state index >= 15 is 0 Å². The number of esters is 1. The molecule has 2 aromatic rings. The molecule has 0 unspecified atom stereocenters. The second kappa shape index (κ2) is 7.99. The zero-order valence-corrected chi connectivity index (χ0v) is 14.0. The first-order chi connectivity index (χ1) is 11.0. The molecule has 2 rings (SSSR count). The molecule has 0 saturated heterocycles. The molecule has 0 bridgehead atoms. The van der Waals surface area contributed by atoms with Crippen LogP contribution in [0, 0.1) is 0 Å². The molecule has 2 aromatic carbocycles. The van der Waals surface area contributed by atoms with E-state index in [2.05, 4.69) is 0 Å².